The lowest BCUT2D eigenvalue weighted by Gasteiger charge is -2.32. The Hall–Kier alpha value is -4.01. The van der Waals surface area contributed by atoms with Crippen molar-refractivity contribution in [1.29, 1.82) is 0 Å². The molecule has 0 spiro atoms. The molecule has 6 rings (SSSR count). The van der Waals surface area contributed by atoms with E-state index < -0.39 is 54.0 Å². The van der Waals surface area contributed by atoms with Crippen LogP contribution in [0.4, 0.5) is 26.3 Å². The molecule has 1 aromatic carbocycles. The van der Waals surface area contributed by atoms with Crippen LogP contribution in [0, 0.1) is 11.9 Å². The molecule has 3 aliphatic rings. The maximum atomic E-state index is 14.8. The van der Waals surface area contributed by atoms with E-state index in [4.69, 9.17) is 9.47 Å². The second-order valence-corrected chi connectivity index (χ2v) is 11.1. The molecule has 44 heavy (non-hydrogen) atoms. The number of ether oxygens (including phenoxy) is 4. The third-order valence-electron chi connectivity index (χ3n) is 8.11. The minimum atomic E-state index is -4.77. The van der Waals surface area contributed by atoms with Crippen molar-refractivity contribution < 1.29 is 55.2 Å². The van der Waals surface area contributed by atoms with E-state index in [-0.39, 0.29) is 41.0 Å². The Morgan fingerprint density at radius 2 is 1.84 bits per heavy atom. The summed E-state index contributed by atoms with van der Waals surface area (Å²) in [5.41, 5.74) is -0.599. The molecule has 3 heterocycles. The molecule has 1 N–H and O–H groups in total. The predicted octanol–water partition coefficient (Wildman–Crippen LogP) is 6.92. The molecule has 1 saturated carbocycles. The van der Waals surface area contributed by atoms with Crippen molar-refractivity contribution in [2.45, 2.75) is 82.7 Å². The molecule has 9 nitrogen and oxygen atoms in total. The molecule has 2 aromatic heterocycles. The van der Waals surface area contributed by atoms with Crippen molar-refractivity contribution in [1.82, 2.24) is 14.8 Å². The van der Waals surface area contributed by atoms with Crippen LogP contribution in [0.5, 0.6) is 17.2 Å². The van der Waals surface area contributed by atoms with Gasteiger partial charge in [0.1, 0.15) is 12.2 Å². The summed E-state index contributed by atoms with van der Waals surface area (Å²) in [6, 6.07) is 5.09. The van der Waals surface area contributed by atoms with Gasteiger partial charge in [-0.2, -0.15) is 22.7 Å². The summed E-state index contributed by atoms with van der Waals surface area (Å²) in [6.07, 6.45) is -6.94. The molecule has 0 bridgehead atoms. The number of carboxylic acid groups (broad SMARTS) is 1. The van der Waals surface area contributed by atoms with E-state index in [0.717, 1.165) is 16.9 Å². The van der Waals surface area contributed by atoms with Gasteiger partial charge < -0.3 is 24.1 Å². The van der Waals surface area contributed by atoms with Crippen LogP contribution < -0.4 is 14.2 Å². The van der Waals surface area contributed by atoms with Crippen LogP contribution in [0.1, 0.15) is 80.2 Å². The second-order valence-electron chi connectivity index (χ2n) is 11.1. The minimum absolute atomic E-state index is 0.00392. The van der Waals surface area contributed by atoms with E-state index in [1.807, 2.05) is 0 Å². The number of aromatic nitrogens is 3. The fourth-order valence-corrected chi connectivity index (χ4v) is 5.97. The standard InChI is InChI=1S/C29H27F6N3O6/c1-14(16-7-10-20-22(11-16)44-29(34,35)43-20)41-23-12-17(13-36-26(23)30)38-24-19(25(37-38)28(31,32)33)3-2-4-21(24)42-18-8-5-15(6-9-18)27(39)40/h7,10-15,18,21H,2-6,8-9H2,1H3,(H,39,40)/t14-,15?,18?,21+/m0/s1. The first-order chi connectivity index (χ1) is 20.8. The molecule has 1 aliphatic heterocycles. The number of carbonyl (C=O) groups is 1. The summed E-state index contributed by atoms with van der Waals surface area (Å²) < 4.78 is 106. The van der Waals surface area contributed by atoms with E-state index in [0.29, 0.717) is 44.1 Å². The van der Waals surface area contributed by atoms with Crippen LogP contribution >= 0.6 is 0 Å². The first kappa shape index (κ1) is 30.0. The lowest BCUT2D eigenvalue weighted by atomic mass is 9.87. The van der Waals surface area contributed by atoms with E-state index in [9.17, 15) is 36.2 Å². The summed E-state index contributed by atoms with van der Waals surface area (Å²) in [6.45, 7) is 1.52. The second kappa shape index (κ2) is 11.2. The number of fused-ring (bicyclic) bond motifs is 2. The van der Waals surface area contributed by atoms with Gasteiger partial charge in [0.25, 0.3) is 5.95 Å². The molecule has 0 amide bonds. The molecular formula is C29H27F6N3O6. The van der Waals surface area contributed by atoms with E-state index >= 15 is 0 Å². The monoisotopic (exact) mass is 627 g/mol. The summed E-state index contributed by atoms with van der Waals surface area (Å²) in [5.74, 6) is -3.24. The number of benzene rings is 1. The van der Waals surface area contributed by atoms with Crippen LogP contribution in [0.3, 0.4) is 0 Å². The SMILES string of the molecule is C[C@H](Oc1cc(-n2nc(C(F)(F)F)c3c2[C@H](OC2CCC(C(=O)O)CC2)CCC3)cnc1F)c1ccc2c(c1)OC(F)(F)O2. The molecule has 0 radical (unpaired) electrons. The summed E-state index contributed by atoms with van der Waals surface area (Å²) >= 11 is 0. The van der Waals surface area contributed by atoms with Gasteiger partial charge in [-0.05, 0) is 69.6 Å². The molecular weight excluding hydrogens is 600 g/mol. The highest BCUT2D eigenvalue weighted by molar-refractivity contribution is 5.70. The third kappa shape index (κ3) is 5.88. The van der Waals surface area contributed by atoms with Crippen LogP contribution in [0.2, 0.25) is 0 Å². The van der Waals surface area contributed by atoms with Gasteiger partial charge in [0, 0.05) is 11.6 Å². The summed E-state index contributed by atoms with van der Waals surface area (Å²) in [5, 5.41) is 13.2. The highest BCUT2D eigenvalue weighted by Crippen LogP contribution is 2.44. The summed E-state index contributed by atoms with van der Waals surface area (Å²) in [7, 11) is 0. The molecule has 236 valence electrons. The van der Waals surface area contributed by atoms with Crippen molar-refractivity contribution in [2.75, 3.05) is 0 Å². The Morgan fingerprint density at radius 1 is 1.11 bits per heavy atom. The zero-order chi connectivity index (χ0) is 31.4. The Morgan fingerprint density at radius 3 is 2.55 bits per heavy atom. The Bertz CT molecular complexity index is 1570. The Balaban J connectivity index is 1.30. The zero-order valence-corrected chi connectivity index (χ0v) is 23.2. The highest BCUT2D eigenvalue weighted by atomic mass is 19.4. The highest BCUT2D eigenvalue weighted by Gasteiger charge is 2.44. The average molecular weight is 628 g/mol. The molecule has 15 heteroatoms. The molecule has 0 saturated heterocycles. The number of alkyl halides is 5. The van der Waals surface area contributed by atoms with Gasteiger partial charge in [-0.1, -0.05) is 6.07 Å². The molecule has 0 unspecified atom stereocenters. The Labute approximate surface area is 246 Å². The number of hydrogen-bond acceptors (Lipinski definition) is 7. The van der Waals surface area contributed by atoms with Crippen LogP contribution in [-0.4, -0.2) is 38.2 Å². The van der Waals surface area contributed by atoms with Gasteiger partial charge in [0.05, 0.1) is 29.6 Å². The van der Waals surface area contributed by atoms with Crippen LogP contribution in [0.15, 0.2) is 30.5 Å². The van der Waals surface area contributed by atoms with Gasteiger partial charge in [0.15, 0.2) is 22.9 Å². The number of nitrogens with zero attached hydrogens (tertiary/aromatic N) is 3. The zero-order valence-electron chi connectivity index (χ0n) is 23.2. The fourth-order valence-electron chi connectivity index (χ4n) is 5.97. The van der Waals surface area contributed by atoms with Gasteiger partial charge in [-0.25, -0.2) is 9.67 Å². The van der Waals surface area contributed by atoms with Crippen LogP contribution in [0.25, 0.3) is 5.69 Å². The van der Waals surface area contributed by atoms with E-state index in [1.165, 1.54) is 25.1 Å². The number of pyridine rings is 1. The first-order valence-corrected chi connectivity index (χ1v) is 14.1. The lowest BCUT2D eigenvalue weighted by Crippen LogP contribution is -2.29. The molecule has 2 atom stereocenters. The predicted molar refractivity (Wildman–Crippen MR) is 138 cm³/mol. The van der Waals surface area contributed by atoms with Gasteiger partial charge >= 0.3 is 18.4 Å². The van der Waals surface area contributed by atoms with Crippen molar-refractivity contribution in [3.63, 3.8) is 0 Å². The fraction of sp³-hybridized carbons (Fsp3) is 0.483. The Kier molecular flexibility index (Phi) is 7.62. The third-order valence-corrected chi connectivity index (χ3v) is 8.11. The quantitative estimate of drug-likeness (QED) is 0.222. The maximum Gasteiger partial charge on any atom is 0.586 e. The van der Waals surface area contributed by atoms with Crippen LogP contribution in [-0.2, 0) is 22.1 Å². The normalized spacial score (nSPS) is 23.2. The first-order valence-electron chi connectivity index (χ1n) is 14.1. The maximum absolute atomic E-state index is 14.8. The number of halogens is 6. The number of aliphatic carboxylic acids is 1. The largest absolute Gasteiger partial charge is 0.586 e. The minimum Gasteiger partial charge on any atom is -0.481 e. The topological polar surface area (TPSA) is 105 Å². The molecule has 3 aromatic rings. The van der Waals surface area contributed by atoms with E-state index in [2.05, 4.69) is 19.6 Å². The smallest absolute Gasteiger partial charge is 0.481 e. The van der Waals surface area contributed by atoms with Crippen molar-refractivity contribution in [2.24, 2.45) is 5.92 Å². The van der Waals surface area contributed by atoms with Gasteiger partial charge in [0.2, 0.25) is 0 Å². The van der Waals surface area contributed by atoms with Crippen molar-refractivity contribution in [3.8, 4) is 22.9 Å². The van der Waals surface area contributed by atoms with Gasteiger partial charge in [-0.3, -0.25) is 4.79 Å². The summed E-state index contributed by atoms with van der Waals surface area (Å²) in [4.78, 5) is 15.0. The number of rotatable bonds is 7. The number of hydrogen-bond donors (Lipinski definition) is 1. The lowest BCUT2D eigenvalue weighted by molar-refractivity contribution is -0.286. The molecule has 1 fully saturated rings. The molecule has 2 aliphatic carbocycles. The van der Waals surface area contributed by atoms with Crippen molar-refractivity contribution >= 4 is 5.97 Å². The van der Waals surface area contributed by atoms with E-state index in [1.54, 1.807) is 0 Å². The average Bonchev–Trinajstić information content (AvgIpc) is 3.51. The van der Waals surface area contributed by atoms with Gasteiger partial charge in [-0.15, -0.1) is 8.78 Å². The number of carboxylic acids is 1. The van der Waals surface area contributed by atoms with Crippen molar-refractivity contribution in [3.05, 3.63) is 58.9 Å².